The number of benzene rings is 2. The van der Waals surface area contributed by atoms with Crippen molar-refractivity contribution in [2.75, 3.05) is 13.6 Å². The third-order valence-electron chi connectivity index (χ3n) is 3.38. The third kappa shape index (κ3) is 3.26. The first-order valence-corrected chi connectivity index (χ1v) is 7.96. The SMILES string of the molecule is [2H]C(CCNC)(Oc1cccc2ccccc12)c1cccs1. The molecule has 0 aliphatic heterocycles. The molecule has 1 unspecified atom stereocenters. The zero-order valence-corrected chi connectivity index (χ0v) is 12.8. The minimum atomic E-state index is -1.07. The highest BCUT2D eigenvalue weighted by atomic mass is 32.1. The smallest absolute Gasteiger partial charge is 0.134 e. The molecule has 3 rings (SSSR count). The van der Waals surface area contributed by atoms with Crippen LogP contribution in [0.25, 0.3) is 10.8 Å². The number of hydrogen-bond donors (Lipinski definition) is 1. The molecular formula is C18H19NOS. The van der Waals surface area contributed by atoms with E-state index in [2.05, 4.69) is 17.4 Å². The van der Waals surface area contributed by atoms with E-state index in [-0.39, 0.29) is 0 Å². The van der Waals surface area contributed by atoms with Crippen LogP contribution in [-0.4, -0.2) is 13.6 Å². The fourth-order valence-electron chi connectivity index (χ4n) is 2.32. The molecule has 0 aliphatic rings. The lowest BCUT2D eigenvalue weighted by Gasteiger charge is -2.19. The lowest BCUT2D eigenvalue weighted by atomic mass is 10.1. The lowest BCUT2D eigenvalue weighted by Crippen LogP contribution is -2.15. The van der Waals surface area contributed by atoms with Gasteiger partial charge in [-0.05, 0) is 36.5 Å². The first kappa shape index (κ1) is 12.9. The molecule has 0 saturated heterocycles. The fourth-order valence-corrected chi connectivity index (χ4v) is 3.05. The Labute approximate surface area is 130 Å². The highest BCUT2D eigenvalue weighted by Crippen LogP contribution is 2.32. The Hall–Kier alpha value is -1.84. The zero-order chi connectivity index (χ0) is 15.4. The average Bonchev–Trinajstić information content (AvgIpc) is 3.09. The van der Waals surface area contributed by atoms with Crippen LogP contribution in [-0.2, 0) is 0 Å². The van der Waals surface area contributed by atoms with E-state index < -0.39 is 6.08 Å². The van der Waals surface area contributed by atoms with E-state index in [0.29, 0.717) is 6.42 Å². The summed E-state index contributed by atoms with van der Waals surface area (Å²) in [6.45, 7) is 0.728. The molecule has 2 nitrogen and oxygen atoms in total. The molecule has 2 aromatic carbocycles. The molecule has 0 fully saturated rings. The van der Waals surface area contributed by atoms with Gasteiger partial charge < -0.3 is 10.1 Å². The predicted molar refractivity (Wildman–Crippen MR) is 90.2 cm³/mol. The van der Waals surface area contributed by atoms with Crippen molar-refractivity contribution in [2.24, 2.45) is 0 Å². The number of nitrogens with one attached hydrogen (secondary N) is 1. The highest BCUT2D eigenvalue weighted by Gasteiger charge is 2.15. The Kier molecular flexibility index (Phi) is 4.13. The molecule has 1 N–H and O–H groups in total. The summed E-state index contributed by atoms with van der Waals surface area (Å²) in [4.78, 5) is 0.927. The maximum absolute atomic E-state index is 8.84. The van der Waals surface area contributed by atoms with Gasteiger partial charge >= 0.3 is 0 Å². The second-order valence-electron chi connectivity index (χ2n) is 4.83. The van der Waals surface area contributed by atoms with Crippen molar-refractivity contribution in [2.45, 2.75) is 12.5 Å². The monoisotopic (exact) mass is 298 g/mol. The van der Waals surface area contributed by atoms with Crippen LogP contribution in [0, 0.1) is 0 Å². The molecule has 1 atom stereocenters. The number of rotatable bonds is 6. The van der Waals surface area contributed by atoms with Gasteiger partial charge in [0.2, 0.25) is 0 Å². The maximum atomic E-state index is 8.84. The molecule has 0 bridgehead atoms. The minimum Gasteiger partial charge on any atom is -0.484 e. The quantitative estimate of drug-likeness (QED) is 0.716. The molecular weight excluding hydrogens is 278 g/mol. The Balaban J connectivity index is 1.99. The molecule has 0 spiro atoms. The molecule has 3 aromatic rings. The summed E-state index contributed by atoms with van der Waals surface area (Å²) in [5, 5.41) is 7.27. The maximum Gasteiger partial charge on any atom is 0.134 e. The van der Waals surface area contributed by atoms with Crippen LogP contribution in [0.3, 0.4) is 0 Å². The minimum absolute atomic E-state index is 0.591. The summed E-state index contributed by atoms with van der Waals surface area (Å²) < 4.78 is 15.0. The zero-order valence-electron chi connectivity index (χ0n) is 13.0. The van der Waals surface area contributed by atoms with Gasteiger partial charge in [-0.3, -0.25) is 0 Å². The molecule has 0 aliphatic carbocycles. The molecule has 0 radical (unpaired) electrons. The first-order chi connectivity index (χ1) is 10.7. The number of fused-ring (bicyclic) bond motifs is 1. The van der Waals surface area contributed by atoms with Crippen LogP contribution in [0.2, 0.25) is 0 Å². The Morgan fingerprint density at radius 2 is 2.00 bits per heavy atom. The van der Waals surface area contributed by atoms with Crippen LogP contribution in [0.4, 0.5) is 0 Å². The van der Waals surface area contributed by atoms with Crippen molar-refractivity contribution >= 4 is 22.1 Å². The van der Waals surface area contributed by atoms with Crippen LogP contribution >= 0.6 is 11.3 Å². The lowest BCUT2D eigenvalue weighted by molar-refractivity contribution is 0.201. The molecule has 0 saturated carbocycles. The van der Waals surface area contributed by atoms with Gasteiger partial charge in [-0.25, -0.2) is 0 Å². The van der Waals surface area contributed by atoms with E-state index in [4.69, 9.17) is 6.11 Å². The second kappa shape index (κ2) is 6.74. The molecule has 21 heavy (non-hydrogen) atoms. The Morgan fingerprint density at radius 3 is 2.81 bits per heavy atom. The van der Waals surface area contributed by atoms with E-state index in [0.717, 1.165) is 27.9 Å². The number of ether oxygens (including phenoxy) is 1. The van der Waals surface area contributed by atoms with E-state index in [1.54, 1.807) is 11.3 Å². The Bertz CT molecular complexity index is 738. The average molecular weight is 298 g/mol. The van der Waals surface area contributed by atoms with Crippen molar-refractivity contribution < 1.29 is 6.11 Å². The summed E-state index contributed by atoms with van der Waals surface area (Å²) >= 11 is 1.56. The van der Waals surface area contributed by atoms with Crippen molar-refractivity contribution in [1.82, 2.24) is 5.32 Å². The summed E-state index contributed by atoms with van der Waals surface area (Å²) in [6.07, 6.45) is -0.478. The van der Waals surface area contributed by atoms with Gasteiger partial charge in [-0.2, -0.15) is 0 Å². The first-order valence-electron chi connectivity index (χ1n) is 7.58. The van der Waals surface area contributed by atoms with Crippen molar-refractivity contribution in [3.63, 3.8) is 0 Å². The van der Waals surface area contributed by atoms with E-state index >= 15 is 0 Å². The number of thiophene rings is 1. The van der Waals surface area contributed by atoms with E-state index in [9.17, 15) is 0 Å². The summed E-state index contributed by atoms with van der Waals surface area (Å²) in [6, 6.07) is 18.0. The van der Waals surface area contributed by atoms with Gasteiger partial charge in [0.25, 0.3) is 0 Å². The van der Waals surface area contributed by atoms with Crippen LogP contribution in [0.15, 0.2) is 60.0 Å². The molecule has 108 valence electrons. The van der Waals surface area contributed by atoms with Crippen LogP contribution < -0.4 is 10.1 Å². The van der Waals surface area contributed by atoms with Gasteiger partial charge in [0.05, 0.1) is 1.37 Å². The van der Waals surface area contributed by atoms with Gasteiger partial charge in [0, 0.05) is 16.7 Å². The normalized spacial score (nSPS) is 14.6. The van der Waals surface area contributed by atoms with Gasteiger partial charge in [-0.15, -0.1) is 11.3 Å². The largest absolute Gasteiger partial charge is 0.484 e. The topological polar surface area (TPSA) is 21.3 Å². The predicted octanol–water partition coefficient (Wildman–Crippen LogP) is 4.63. The second-order valence-corrected chi connectivity index (χ2v) is 5.78. The van der Waals surface area contributed by atoms with Crippen molar-refractivity contribution in [1.29, 1.82) is 0 Å². The molecule has 3 heteroatoms. The van der Waals surface area contributed by atoms with E-state index in [1.807, 2.05) is 54.9 Å². The van der Waals surface area contributed by atoms with Crippen molar-refractivity contribution in [3.8, 4) is 5.75 Å². The van der Waals surface area contributed by atoms with Gasteiger partial charge in [-0.1, -0.05) is 42.5 Å². The third-order valence-corrected chi connectivity index (χ3v) is 4.29. The summed E-state index contributed by atoms with van der Waals surface area (Å²) in [5.74, 6) is 0.762. The standard InChI is InChI=1S/C18H19NOS/c1-19-12-11-17(18-10-5-13-21-18)20-16-9-4-7-14-6-2-3-8-15(14)16/h2-10,13,17,19H,11-12H2,1H3/i17D. The summed E-state index contributed by atoms with van der Waals surface area (Å²) in [7, 11) is 1.90. The van der Waals surface area contributed by atoms with Gasteiger partial charge in [0.1, 0.15) is 11.8 Å². The highest BCUT2D eigenvalue weighted by molar-refractivity contribution is 7.10. The van der Waals surface area contributed by atoms with E-state index in [1.165, 1.54) is 0 Å². The van der Waals surface area contributed by atoms with Crippen LogP contribution in [0.5, 0.6) is 5.75 Å². The Morgan fingerprint density at radius 1 is 1.14 bits per heavy atom. The van der Waals surface area contributed by atoms with Crippen LogP contribution in [0.1, 0.15) is 18.7 Å². The fraction of sp³-hybridized carbons (Fsp3) is 0.222. The summed E-state index contributed by atoms with van der Waals surface area (Å²) in [5.41, 5.74) is 0. The number of hydrogen-bond acceptors (Lipinski definition) is 3. The molecule has 1 aromatic heterocycles. The molecule has 1 heterocycles. The van der Waals surface area contributed by atoms with Crippen molar-refractivity contribution in [3.05, 3.63) is 64.9 Å². The van der Waals surface area contributed by atoms with Gasteiger partial charge in [0.15, 0.2) is 0 Å². The molecule has 0 amide bonds.